The van der Waals surface area contributed by atoms with Gasteiger partial charge in [0.1, 0.15) is 19.6 Å². The molecule has 0 heterocycles. The molecule has 0 unspecified atom stereocenters. The fraction of sp³-hybridized carbons (Fsp3) is 0.273. The van der Waals surface area contributed by atoms with Gasteiger partial charge in [0.2, 0.25) is 0 Å². The first-order valence-corrected chi connectivity index (χ1v) is 8.95. The lowest BCUT2D eigenvalue weighted by Gasteiger charge is -2.17. The second kappa shape index (κ2) is 12.2. The van der Waals surface area contributed by atoms with Crippen molar-refractivity contribution in [2.75, 3.05) is 46.0 Å². The fourth-order valence-electron chi connectivity index (χ4n) is 2.40. The van der Waals surface area contributed by atoms with Crippen LogP contribution in [0.1, 0.15) is 5.56 Å². The third-order valence-electron chi connectivity index (χ3n) is 3.74. The number of benzene rings is 2. The van der Waals surface area contributed by atoms with Crippen LogP contribution in [-0.2, 0) is 9.47 Å². The van der Waals surface area contributed by atoms with Gasteiger partial charge in [0.15, 0.2) is 11.5 Å². The van der Waals surface area contributed by atoms with Gasteiger partial charge in [-0.15, -0.1) is 6.42 Å². The van der Waals surface area contributed by atoms with Crippen molar-refractivity contribution in [3.05, 3.63) is 42.0 Å². The summed E-state index contributed by atoms with van der Waals surface area (Å²) >= 11 is 0. The second-order valence-corrected chi connectivity index (χ2v) is 5.78. The summed E-state index contributed by atoms with van der Waals surface area (Å²) in [4.78, 5) is 8.03. The number of nitrogens with zero attached hydrogens (tertiary/aromatic N) is 2. The molecule has 152 valence electrons. The highest BCUT2D eigenvalue weighted by Crippen LogP contribution is 2.39. The van der Waals surface area contributed by atoms with Crippen molar-refractivity contribution in [2.45, 2.75) is 0 Å². The highest BCUT2D eigenvalue weighted by molar-refractivity contribution is 5.80. The lowest BCUT2D eigenvalue weighted by atomic mass is 10.2. The molecule has 7 heteroatoms. The average molecular weight is 395 g/mol. The topological polar surface area (TPSA) is 73.7 Å². The van der Waals surface area contributed by atoms with E-state index in [-0.39, 0.29) is 0 Å². The van der Waals surface area contributed by atoms with Crippen molar-refractivity contribution in [1.82, 2.24) is 0 Å². The van der Waals surface area contributed by atoms with E-state index in [4.69, 9.17) is 25.4 Å². The normalized spacial score (nSPS) is 10.5. The summed E-state index contributed by atoms with van der Waals surface area (Å²) in [5, 5.41) is 3.32. The minimum absolute atomic E-state index is 0.372. The van der Waals surface area contributed by atoms with Crippen LogP contribution in [0.2, 0.25) is 0 Å². The molecule has 0 saturated heterocycles. The lowest BCUT2D eigenvalue weighted by Crippen LogP contribution is -2.09. The molecule has 2 rings (SSSR count). The van der Waals surface area contributed by atoms with Crippen LogP contribution in [0.15, 0.2) is 46.4 Å². The van der Waals surface area contributed by atoms with Gasteiger partial charge in [-0.25, -0.2) is 4.99 Å². The third-order valence-corrected chi connectivity index (χ3v) is 3.74. The van der Waals surface area contributed by atoms with Crippen molar-refractivity contribution in [2.24, 2.45) is 9.98 Å². The molecule has 0 fully saturated rings. The predicted molar refractivity (Wildman–Crippen MR) is 117 cm³/mol. The Hall–Kier alpha value is -3.34. The predicted octanol–water partition coefficient (Wildman–Crippen LogP) is 3.82. The van der Waals surface area contributed by atoms with Gasteiger partial charge in [-0.1, -0.05) is 12.0 Å². The summed E-state index contributed by atoms with van der Waals surface area (Å²) in [6.07, 6.45) is 6.86. The monoisotopic (exact) mass is 395 g/mol. The second-order valence-electron chi connectivity index (χ2n) is 5.78. The van der Waals surface area contributed by atoms with Gasteiger partial charge in [-0.05, 0) is 24.9 Å². The van der Waals surface area contributed by atoms with E-state index in [1.807, 2.05) is 30.3 Å². The standard InChI is InChI=1S/C22H25N3O4/c1-5-17-7-6-8-18(13-17)25-20-15-22(29-12-10-27-4)21(28-11-9-26-3)14-19(20)24-16-23-2/h1,6-8,13-16,25H,2,9-12H2,3-4H3. The van der Waals surface area contributed by atoms with E-state index >= 15 is 0 Å². The van der Waals surface area contributed by atoms with E-state index in [0.29, 0.717) is 49.3 Å². The molecule has 0 bridgehead atoms. The van der Waals surface area contributed by atoms with Crippen LogP contribution in [-0.4, -0.2) is 53.7 Å². The van der Waals surface area contributed by atoms with Gasteiger partial charge < -0.3 is 24.3 Å². The first-order chi connectivity index (χ1) is 14.2. The van der Waals surface area contributed by atoms with Crippen LogP contribution in [0.5, 0.6) is 11.5 Å². The van der Waals surface area contributed by atoms with Gasteiger partial charge in [0.25, 0.3) is 0 Å². The van der Waals surface area contributed by atoms with Crippen LogP contribution < -0.4 is 14.8 Å². The summed E-state index contributed by atoms with van der Waals surface area (Å²) in [5.41, 5.74) is 2.89. The summed E-state index contributed by atoms with van der Waals surface area (Å²) in [5.74, 6) is 3.72. The molecule has 0 radical (unpaired) electrons. The number of nitrogens with one attached hydrogen (secondary N) is 1. The van der Waals surface area contributed by atoms with Crippen LogP contribution in [0, 0.1) is 12.3 Å². The minimum Gasteiger partial charge on any atom is -0.487 e. The minimum atomic E-state index is 0.372. The van der Waals surface area contributed by atoms with Gasteiger partial charge >= 0.3 is 0 Å². The molecular formula is C22H25N3O4. The van der Waals surface area contributed by atoms with Crippen LogP contribution in [0.3, 0.4) is 0 Å². The Balaban J connectivity index is 2.41. The number of rotatable bonds is 12. The zero-order chi connectivity index (χ0) is 20.9. The van der Waals surface area contributed by atoms with E-state index in [2.05, 4.69) is 27.9 Å². The Bertz CT molecular complexity index is 875. The van der Waals surface area contributed by atoms with Crippen molar-refractivity contribution in [1.29, 1.82) is 0 Å². The molecule has 0 aliphatic heterocycles. The van der Waals surface area contributed by atoms with E-state index in [1.54, 1.807) is 20.3 Å². The Labute approximate surface area is 171 Å². The van der Waals surface area contributed by atoms with E-state index in [9.17, 15) is 0 Å². The van der Waals surface area contributed by atoms with Crippen LogP contribution in [0.25, 0.3) is 0 Å². The highest BCUT2D eigenvalue weighted by Gasteiger charge is 2.13. The maximum absolute atomic E-state index is 5.84. The first-order valence-electron chi connectivity index (χ1n) is 8.95. The van der Waals surface area contributed by atoms with Crippen molar-refractivity contribution >= 4 is 30.1 Å². The SMILES string of the molecule is C#Cc1cccc(Nc2cc(OCCOC)c(OCCOC)cc2N=CN=C)c1. The smallest absolute Gasteiger partial charge is 0.163 e. The fourth-order valence-corrected chi connectivity index (χ4v) is 2.40. The number of methoxy groups -OCH3 is 2. The molecule has 0 aliphatic carbocycles. The summed E-state index contributed by atoms with van der Waals surface area (Å²) in [6.45, 7) is 5.08. The molecule has 2 aromatic rings. The van der Waals surface area contributed by atoms with Gasteiger partial charge in [-0.3, -0.25) is 4.99 Å². The van der Waals surface area contributed by atoms with Gasteiger partial charge in [0, 0.05) is 37.6 Å². The average Bonchev–Trinajstić information content (AvgIpc) is 2.74. The molecule has 0 aromatic heterocycles. The largest absolute Gasteiger partial charge is 0.487 e. The first kappa shape index (κ1) is 22.0. The van der Waals surface area contributed by atoms with Gasteiger partial charge in [-0.2, -0.15) is 0 Å². The molecule has 1 N–H and O–H groups in total. The molecule has 0 spiro atoms. The summed E-state index contributed by atoms with van der Waals surface area (Å²) < 4.78 is 21.8. The van der Waals surface area contributed by atoms with E-state index < -0.39 is 0 Å². The summed E-state index contributed by atoms with van der Waals surface area (Å²) in [6, 6.07) is 11.1. The van der Waals surface area contributed by atoms with Gasteiger partial charge in [0.05, 0.1) is 24.6 Å². The zero-order valence-electron chi connectivity index (χ0n) is 16.7. The Morgan fingerprint density at radius 3 is 2.34 bits per heavy atom. The highest BCUT2D eigenvalue weighted by atomic mass is 16.5. The Kier molecular flexibility index (Phi) is 9.22. The van der Waals surface area contributed by atoms with E-state index in [1.165, 1.54) is 6.34 Å². The molecule has 0 amide bonds. The lowest BCUT2D eigenvalue weighted by molar-refractivity contribution is 0.132. The number of ether oxygens (including phenoxy) is 4. The van der Waals surface area contributed by atoms with Crippen LogP contribution >= 0.6 is 0 Å². The molecule has 7 nitrogen and oxygen atoms in total. The molecule has 0 saturated carbocycles. The van der Waals surface area contributed by atoms with Crippen molar-refractivity contribution in [3.8, 4) is 23.8 Å². The number of terminal acetylenes is 1. The summed E-state index contributed by atoms with van der Waals surface area (Å²) in [7, 11) is 3.23. The molecular weight excluding hydrogens is 370 g/mol. The number of anilines is 2. The van der Waals surface area contributed by atoms with Crippen molar-refractivity contribution < 1.29 is 18.9 Å². The number of hydrogen-bond donors (Lipinski definition) is 1. The maximum atomic E-state index is 5.84. The molecule has 0 aliphatic rings. The Morgan fingerprint density at radius 1 is 1.03 bits per heavy atom. The molecule has 2 aromatic carbocycles. The third kappa shape index (κ3) is 6.96. The van der Waals surface area contributed by atoms with Crippen molar-refractivity contribution in [3.63, 3.8) is 0 Å². The number of aliphatic imine (C=N–C) groups is 2. The molecule has 29 heavy (non-hydrogen) atoms. The number of hydrogen-bond acceptors (Lipinski definition) is 6. The van der Waals surface area contributed by atoms with Crippen LogP contribution in [0.4, 0.5) is 17.1 Å². The molecule has 0 atom stereocenters. The van der Waals surface area contributed by atoms with E-state index in [0.717, 1.165) is 11.3 Å². The zero-order valence-corrected chi connectivity index (χ0v) is 16.7. The maximum Gasteiger partial charge on any atom is 0.163 e. The Morgan fingerprint density at radius 2 is 1.72 bits per heavy atom. The quantitative estimate of drug-likeness (QED) is 0.256.